The minimum absolute atomic E-state index is 0.0397. The number of nitrogens with zero attached hydrogens (tertiary/aromatic N) is 3. The Bertz CT molecular complexity index is 1090. The van der Waals surface area contributed by atoms with Gasteiger partial charge in [0.05, 0.1) is 19.4 Å². The minimum atomic E-state index is 0.0397. The fourth-order valence-electron chi connectivity index (χ4n) is 3.18. The Morgan fingerprint density at radius 1 is 1.10 bits per heavy atom. The molecular formula is C24H23N3O2S2. The van der Waals surface area contributed by atoms with Crippen LogP contribution >= 0.6 is 23.1 Å². The van der Waals surface area contributed by atoms with E-state index in [4.69, 9.17) is 4.74 Å². The first-order valence-corrected chi connectivity index (χ1v) is 11.7. The number of benzene rings is 2. The van der Waals surface area contributed by atoms with E-state index in [0.29, 0.717) is 12.3 Å². The molecule has 5 nitrogen and oxygen atoms in total. The molecular weight excluding hydrogens is 426 g/mol. The summed E-state index contributed by atoms with van der Waals surface area (Å²) in [5.74, 6) is 1.12. The molecule has 4 rings (SSSR count). The van der Waals surface area contributed by atoms with E-state index < -0.39 is 0 Å². The van der Waals surface area contributed by atoms with Gasteiger partial charge in [-0.2, -0.15) is 0 Å². The fourth-order valence-corrected chi connectivity index (χ4v) is 4.71. The average Bonchev–Trinajstić information content (AvgIpc) is 3.49. The second-order valence-corrected chi connectivity index (χ2v) is 8.84. The number of aromatic nitrogens is 2. The molecule has 0 aliphatic heterocycles. The first-order chi connectivity index (χ1) is 15.2. The summed E-state index contributed by atoms with van der Waals surface area (Å²) >= 11 is 3.11. The van der Waals surface area contributed by atoms with Gasteiger partial charge < -0.3 is 14.2 Å². The Morgan fingerprint density at radius 2 is 1.90 bits per heavy atom. The number of rotatable bonds is 9. The van der Waals surface area contributed by atoms with Crippen LogP contribution in [-0.2, 0) is 17.9 Å². The van der Waals surface area contributed by atoms with Gasteiger partial charge in [-0.05, 0) is 41.3 Å². The summed E-state index contributed by atoms with van der Waals surface area (Å²) in [4.78, 5) is 20.6. The van der Waals surface area contributed by atoms with E-state index in [-0.39, 0.29) is 5.91 Å². The lowest BCUT2D eigenvalue weighted by atomic mass is 10.2. The van der Waals surface area contributed by atoms with Crippen molar-refractivity contribution >= 4 is 34.7 Å². The number of methoxy groups -OCH3 is 1. The lowest BCUT2D eigenvalue weighted by Crippen LogP contribution is -2.31. The van der Waals surface area contributed by atoms with E-state index in [1.807, 2.05) is 71.1 Å². The quantitative estimate of drug-likeness (QED) is 0.324. The molecule has 31 heavy (non-hydrogen) atoms. The molecule has 0 fully saturated rings. The van der Waals surface area contributed by atoms with E-state index in [2.05, 4.69) is 21.7 Å². The normalized spacial score (nSPS) is 10.7. The van der Waals surface area contributed by atoms with Gasteiger partial charge in [0, 0.05) is 29.5 Å². The van der Waals surface area contributed by atoms with E-state index in [0.717, 1.165) is 28.0 Å². The third kappa shape index (κ3) is 5.57. The topological polar surface area (TPSA) is 47.4 Å². The number of hydrogen-bond acceptors (Lipinski definition) is 5. The predicted octanol–water partition coefficient (Wildman–Crippen LogP) is 5.33. The molecule has 0 unspecified atom stereocenters. The molecule has 0 spiro atoms. The Balaban J connectivity index is 1.47. The lowest BCUT2D eigenvalue weighted by Gasteiger charge is -2.22. The zero-order valence-corrected chi connectivity index (χ0v) is 18.8. The highest BCUT2D eigenvalue weighted by atomic mass is 32.2. The number of carbonyl (C=O) groups excluding carboxylic acids is 1. The summed E-state index contributed by atoms with van der Waals surface area (Å²) in [6.45, 7) is 1.27. The number of anilines is 1. The summed E-state index contributed by atoms with van der Waals surface area (Å²) in [6.07, 6.45) is 3.73. The van der Waals surface area contributed by atoms with Crippen molar-refractivity contribution in [3.05, 3.63) is 94.9 Å². The van der Waals surface area contributed by atoms with Crippen molar-refractivity contribution in [2.75, 3.05) is 17.8 Å². The maximum Gasteiger partial charge on any atom is 0.237 e. The number of carbonyl (C=O) groups is 1. The van der Waals surface area contributed by atoms with Crippen molar-refractivity contribution in [2.24, 2.45) is 0 Å². The predicted molar refractivity (Wildman–Crippen MR) is 127 cm³/mol. The van der Waals surface area contributed by atoms with Gasteiger partial charge >= 0.3 is 0 Å². The van der Waals surface area contributed by atoms with Gasteiger partial charge in [-0.25, -0.2) is 4.98 Å². The van der Waals surface area contributed by atoms with Crippen molar-refractivity contribution in [1.29, 1.82) is 0 Å². The number of amides is 1. The van der Waals surface area contributed by atoms with Crippen LogP contribution in [0.4, 0.5) is 5.69 Å². The molecule has 0 aliphatic rings. The van der Waals surface area contributed by atoms with E-state index in [1.54, 1.807) is 24.6 Å². The van der Waals surface area contributed by atoms with Crippen LogP contribution in [-0.4, -0.2) is 28.3 Å². The number of ether oxygens (including phenoxy) is 1. The van der Waals surface area contributed by atoms with Crippen molar-refractivity contribution in [3.63, 3.8) is 0 Å². The van der Waals surface area contributed by atoms with Crippen LogP contribution in [0.25, 0.3) is 0 Å². The number of thioether (sulfide) groups is 1. The Kier molecular flexibility index (Phi) is 7.07. The molecule has 0 bridgehead atoms. The summed E-state index contributed by atoms with van der Waals surface area (Å²) in [7, 11) is 1.64. The molecule has 2 aromatic carbocycles. The smallest absolute Gasteiger partial charge is 0.237 e. The van der Waals surface area contributed by atoms with E-state index >= 15 is 0 Å². The summed E-state index contributed by atoms with van der Waals surface area (Å²) < 4.78 is 7.33. The van der Waals surface area contributed by atoms with Gasteiger partial charge in [-0.1, -0.05) is 48.2 Å². The Labute approximate surface area is 190 Å². The first-order valence-electron chi connectivity index (χ1n) is 9.87. The molecule has 0 aliphatic carbocycles. The first kappa shape index (κ1) is 21.2. The van der Waals surface area contributed by atoms with Crippen LogP contribution in [0.5, 0.6) is 5.75 Å². The zero-order valence-electron chi connectivity index (χ0n) is 17.2. The van der Waals surface area contributed by atoms with Crippen molar-refractivity contribution in [3.8, 4) is 5.75 Å². The zero-order chi connectivity index (χ0) is 21.5. The fraction of sp³-hybridized carbons (Fsp3) is 0.167. The third-order valence-corrected chi connectivity index (χ3v) is 6.63. The Morgan fingerprint density at radius 3 is 2.61 bits per heavy atom. The monoisotopic (exact) mass is 449 g/mol. The minimum Gasteiger partial charge on any atom is -0.497 e. The lowest BCUT2D eigenvalue weighted by molar-refractivity contribution is -0.116. The van der Waals surface area contributed by atoms with Crippen LogP contribution in [0.2, 0.25) is 0 Å². The number of hydrogen-bond donors (Lipinski definition) is 0. The second kappa shape index (κ2) is 10.3. The molecule has 1 amide bonds. The summed E-state index contributed by atoms with van der Waals surface area (Å²) in [5.41, 5.74) is 2.05. The molecule has 7 heteroatoms. The number of imidazole rings is 1. The molecule has 4 aromatic rings. The summed E-state index contributed by atoms with van der Waals surface area (Å²) in [5, 5.41) is 2.87. The molecule has 0 radical (unpaired) electrons. The SMILES string of the molecule is COc1ccc(N(Cc2cccs2)C(=O)CSc2nccn2Cc2ccccc2)cc1. The van der Waals surface area contributed by atoms with E-state index in [1.165, 1.54) is 17.3 Å². The van der Waals surface area contributed by atoms with Crippen LogP contribution < -0.4 is 9.64 Å². The molecule has 0 atom stereocenters. The van der Waals surface area contributed by atoms with Crippen LogP contribution in [0, 0.1) is 0 Å². The highest BCUT2D eigenvalue weighted by Gasteiger charge is 2.18. The molecule has 0 N–H and O–H groups in total. The van der Waals surface area contributed by atoms with Crippen molar-refractivity contribution in [1.82, 2.24) is 9.55 Å². The molecule has 2 aromatic heterocycles. The maximum absolute atomic E-state index is 13.2. The number of thiophene rings is 1. The second-order valence-electron chi connectivity index (χ2n) is 6.87. The van der Waals surface area contributed by atoms with Crippen LogP contribution in [0.3, 0.4) is 0 Å². The highest BCUT2D eigenvalue weighted by molar-refractivity contribution is 7.99. The van der Waals surface area contributed by atoms with Gasteiger partial charge in [0.2, 0.25) is 5.91 Å². The van der Waals surface area contributed by atoms with Gasteiger partial charge in [0.15, 0.2) is 5.16 Å². The molecule has 2 heterocycles. The van der Waals surface area contributed by atoms with Crippen molar-refractivity contribution < 1.29 is 9.53 Å². The van der Waals surface area contributed by atoms with Gasteiger partial charge in [-0.15, -0.1) is 11.3 Å². The molecule has 0 saturated heterocycles. The van der Waals surface area contributed by atoms with Crippen LogP contribution in [0.15, 0.2) is 89.7 Å². The molecule has 0 saturated carbocycles. The summed E-state index contributed by atoms with van der Waals surface area (Å²) in [6, 6.07) is 21.9. The maximum atomic E-state index is 13.2. The van der Waals surface area contributed by atoms with Crippen LogP contribution in [0.1, 0.15) is 10.4 Å². The largest absolute Gasteiger partial charge is 0.497 e. The van der Waals surface area contributed by atoms with Gasteiger partial charge in [0.1, 0.15) is 5.75 Å². The Hall–Kier alpha value is -3.03. The average molecular weight is 450 g/mol. The van der Waals surface area contributed by atoms with Crippen molar-refractivity contribution in [2.45, 2.75) is 18.2 Å². The standard InChI is InChI=1S/C24H23N3O2S2/c1-29-21-11-9-20(10-12-21)27(17-22-8-5-15-30-22)23(28)18-31-24-25-13-14-26(24)16-19-6-3-2-4-7-19/h2-15H,16-18H2,1H3. The van der Waals surface area contributed by atoms with Gasteiger partial charge in [-0.3, -0.25) is 4.79 Å². The van der Waals surface area contributed by atoms with E-state index in [9.17, 15) is 4.79 Å². The van der Waals surface area contributed by atoms with Gasteiger partial charge in [0.25, 0.3) is 0 Å². The third-order valence-electron chi connectivity index (χ3n) is 4.78. The highest BCUT2D eigenvalue weighted by Crippen LogP contribution is 2.25. The molecule has 158 valence electrons.